The van der Waals surface area contributed by atoms with Crippen molar-refractivity contribution < 1.29 is 9.13 Å². The molecule has 2 rings (SSSR count). The molecule has 1 aromatic carbocycles. The van der Waals surface area contributed by atoms with E-state index in [4.69, 9.17) is 10.5 Å². The van der Waals surface area contributed by atoms with E-state index in [1.54, 1.807) is 20.1 Å². The number of ether oxygens (including phenoxy) is 1. The maximum atomic E-state index is 13.7. The second-order valence-corrected chi connectivity index (χ2v) is 4.93. The number of likely N-dealkylation sites (tertiary alicyclic amines) is 1. The number of methoxy groups -OCH3 is 1. The van der Waals surface area contributed by atoms with Crippen LogP contribution in [0.5, 0.6) is 0 Å². The standard InChI is InChI=1S/C14H21FN2O/c1-10-3-4-11(9-12(10)15)14-13(16)5-6-17(14)7-8-18-2/h3-4,9,13-14H,5-8,16H2,1-2H3. The van der Waals surface area contributed by atoms with Crippen LogP contribution in [0.2, 0.25) is 0 Å². The van der Waals surface area contributed by atoms with E-state index >= 15 is 0 Å². The van der Waals surface area contributed by atoms with E-state index in [0.29, 0.717) is 12.2 Å². The summed E-state index contributed by atoms with van der Waals surface area (Å²) < 4.78 is 18.8. The molecule has 0 bridgehead atoms. The summed E-state index contributed by atoms with van der Waals surface area (Å²) in [5, 5.41) is 0. The summed E-state index contributed by atoms with van der Waals surface area (Å²) >= 11 is 0. The molecule has 1 heterocycles. The maximum absolute atomic E-state index is 13.7. The monoisotopic (exact) mass is 252 g/mol. The minimum absolute atomic E-state index is 0.0731. The molecule has 1 aliphatic rings. The first-order valence-corrected chi connectivity index (χ1v) is 6.38. The molecule has 0 saturated carbocycles. The minimum atomic E-state index is -0.154. The van der Waals surface area contributed by atoms with Crippen molar-refractivity contribution >= 4 is 0 Å². The van der Waals surface area contributed by atoms with Crippen molar-refractivity contribution in [3.05, 3.63) is 35.1 Å². The average molecular weight is 252 g/mol. The van der Waals surface area contributed by atoms with Gasteiger partial charge in [0.2, 0.25) is 0 Å². The predicted octanol–water partition coefficient (Wildman–Crippen LogP) is 1.85. The first kappa shape index (κ1) is 13.5. The van der Waals surface area contributed by atoms with E-state index in [2.05, 4.69) is 4.90 Å². The molecule has 2 atom stereocenters. The van der Waals surface area contributed by atoms with Crippen LogP contribution in [-0.2, 0) is 4.74 Å². The molecule has 1 aliphatic heterocycles. The first-order valence-electron chi connectivity index (χ1n) is 6.38. The van der Waals surface area contributed by atoms with Gasteiger partial charge >= 0.3 is 0 Å². The summed E-state index contributed by atoms with van der Waals surface area (Å²) in [5.74, 6) is -0.154. The third kappa shape index (κ3) is 2.71. The highest BCUT2D eigenvalue weighted by atomic mass is 19.1. The minimum Gasteiger partial charge on any atom is -0.383 e. The lowest BCUT2D eigenvalue weighted by atomic mass is 9.99. The Morgan fingerprint density at radius 2 is 2.28 bits per heavy atom. The Morgan fingerprint density at radius 1 is 1.50 bits per heavy atom. The largest absolute Gasteiger partial charge is 0.383 e. The number of hydrogen-bond acceptors (Lipinski definition) is 3. The van der Waals surface area contributed by atoms with Crippen molar-refractivity contribution in [3.63, 3.8) is 0 Å². The van der Waals surface area contributed by atoms with Crippen molar-refractivity contribution in [1.29, 1.82) is 0 Å². The smallest absolute Gasteiger partial charge is 0.126 e. The van der Waals surface area contributed by atoms with Gasteiger partial charge in [0.1, 0.15) is 5.82 Å². The molecule has 3 nitrogen and oxygen atoms in total. The van der Waals surface area contributed by atoms with E-state index in [-0.39, 0.29) is 17.9 Å². The fourth-order valence-electron chi connectivity index (χ4n) is 2.59. The molecule has 0 radical (unpaired) electrons. The Balaban J connectivity index is 2.19. The van der Waals surface area contributed by atoms with Crippen LogP contribution in [0.25, 0.3) is 0 Å². The Labute approximate surface area is 108 Å². The molecule has 1 fully saturated rings. The van der Waals surface area contributed by atoms with Gasteiger partial charge in [-0.1, -0.05) is 12.1 Å². The SMILES string of the molecule is COCCN1CCC(N)C1c1ccc(C)c(F)c1. The Kier molecular flexibility index (Phi) is 4.32. The van der Waals surface area contributed by atoms with Crippen molar-refractivity contribution in [2.75, 3.05) is 26.8 Å². The highest BCUT2D eigenvalue weighted by Gasteiger charge is 2.32. The van der Waals surface area contributed by atoms with E-state index in [9.17, 15) is 4.39 Å². The number of rotatable bonds is 4. The highest BCUT2D eigenvalue weighted by Crippen LogP contribution is 2.31. The zero-order valence-corrected chi connectivity index (χ0v) is 11.0. The van der Waals surface area contributed by atoms with E-state index in [1.807, 2.05) is 12.1 Å². The number of nitrogens with zero attached hydrogens (tertiary/aromatic N) is 1. The zero-order chi connectivity index (χ0) is 13.1. The van der Waals surface area contributed by atoms with Crippen LogP contribution < -0.4 is 5.73 Å². The van der Waals surface area contributed by atoms with E-state index < -0.39 is 0 Å². The fourth-order valence-corrected chi connectivity index (χ4v) is 2.59. The van der Waals surface area contributed by atoms with Crippen LogP contribution in [0.4, 0.5) is 4.39 Å². The van der Waals surface area contributed by atoms with Gasteiger partial charge in [0, 0.05) is 26.2 Å². The molecule has 18 heavy (non-hydrogen) atoms. The van der Waals surface area contributed by atoms with Crippen molar-refractivity contribution in [1.82, 2.24) is 4.90 Å². The first-order chi connectivity index (χ1) is 8.63. The van der Waals surface area contributed by atoms with Gasteiger partial charge in [0.05, 0.1) is 12.6 Å². The molecule has 2 unspecified atom stereocenters. The molecular weight excluding hydrogens is 231 g/mol. The van der Waals surface area contributed by atoms with Crippen LogP contribution in [0.1, 0.15) is 23.6 Å². The molecule has 0 aromatic heterocycles. The third-order valence-corrected chi connectivity index (χ3v) is 3.67. The molecule has 4 heteroatoms. The van der Waals surface area contributed by atoms with Gasteiger partial charge < -0.3 is 10.5 Å². The Hall–Kier alpha value is -0.970. The van der Waals surface area contributed by atoms with Gasteiger partial charge in [-0.3, -0.25) is 4.90 Å². The molecule has 0 spiro atoms. The predicted molar refractivity (Wildman–Crippen MR) is 69.9 cm³/mol. The Morgan fingerprint density at radius 3 is 2.94 bits per heavy atom. The van der Waals surface area contributed by atoms with Crippen LogP contribution in [0, 0.1) is 12.7 Å². The Bertz CT molecular complexity index is 411. The van der Waals surface area contributed by atoms with Crippen molar-refractivity contribution in [2.45, 2.75) is 25.4 Å². The topological polar surface area (TPSA) is 38.5 Å². The van der Waals surface area contributed by atoms with Gasteiger partial charge in [0.15, 0.2) is 0 Å². The molecule has 1 saturated heterocycles. The normalized spacial score (nSPS) is 24.7. The molecule has 1 aromatic rings. The summed E-state index contributed by atoms with van der Waals surface area (Å²) in [6, 6.07) is 5.60. The highest BCUT2D eigenvalue weighted by molar-refractivity contribution is 5.27. The van der Waals surface area contributed by atoms with Gasteiger partial charge in [-0.05, 0) is 30.5 Å². The summed E-state index contributed by atoms with van der Waals surface area (Å²) in [4.78, 5) is 2.28. The number of benzene rings is 1. The average Bonchev–Trinajstić information content (AvgIpc) is 2.71. The fraction of sp³-hybridized carbons (Fsp3) is 0.571. The maximum Gasteiger partial charge on any atom is 0.126 e. The lowest BCUT2D eigenvalue weighted by molar-refractivity contribution is 0.139. The molecule has 100 valence electrons. The van der Waals surface area contributed by atoms with Crippen LogP contribution in [0.3, 0.4) is 0 Å². The van der Waals surface area contributed by atoms with Gasteiger partial charge in [-0.2, -0.15) is 0 Å². The van der Waals surface area contributed by atoms with E-state index in [0.717, 1.165) is 25.1 Å². The third-order valence-electron chi connectivity index (χ3n) is 3.67. The van der Waals surface area contributed by atoms with Gasteiger partial charge in [0.25, 0.3) is 0 Å². The number of nitrogens with two attached hydrogens (primary N) is 1. The van der Waals surface area contributed by atoms with E-state index in [1.165, 1.54) is 0 Å². The quantitative estimate of drug-likeness (QED) is 0.889. The lowest BCUT2D eigenvalue weighted by Crippen LogP contribution is -2.33. The zero-order valence-electron chi connectivity index (χ0n) is 11.0. The number of halogens is 1. The van der Waals surface area contributed by atoms with Gasteiger partial charge in [-0.25, -0.2) is 4.39 Å². The van der Waals surface area contributed by atoms with Gasteiger partial charge in [-0.15, -0.1) is 0 Å². The molecular formula is C14H21FN2O. The van der Waals surface area contributed by atoms with Crippen molar-refractivity contribution in [3.8, 4) is 0 Å². The molecule has 0 aliphatic carbocycles. The summed E-state index contributed by atoms with van der Waals surface area (Å²) in [5.41, 5.74) is 7.80. The summed E-state index contributed by atoms with van der Waals surface area (Å²) in [6.45, 7) is 4.24. The lowest BCUT2D eigenvalue weighted by Gasteiger charge is -2.27. The van der Waals surface area contributed by atoms with Crippen LogP contribution in [-0.4, -0.2) is 37.7 Å². The summed E-state index contributed by atoms with van der Waals surface area (Å²) in [7, 11) is 1.69. The van der Waals surface area contributed by atoms with Crippen LogP contribution >= 0.6 is 0 Å². The number of aryl methyl sites for hydroxylation is 1. The molecule has 2 N–H and O–H groups in total. The second kappa shape index (κ2) is 5.78. The van der Waals surface area contributed by atoms with Crippen molar-refractivity contribution in [2.24, 2.45) is 5.73 Å². The van der Waals surface area contributed by atoms with Crippen LogP contribution in [0.15, 0.2) is 18.2 Å². The summed E-state index contributed by atoms with van der Waals surface area (Å²) in [6.07, 6.45) is 0.948. The second-order valence-electron chi connectivity index (χ2n) is 4.93. The molecule has 0 amide bonds. The number of hydrogen-bond donors (Lipinski definition) is 1.